The maximum Gasteiger partial charge on any atom is 0.135 e. The minimum Gasteiger partial charge on any atom is -0.303 e. The fourth-order valence-electron chi connectivity index (χ4n) is 4.82. The highest BCUT2D eigenvalue weighted by Gasteiger charge is 2.53. The maximum atomic E-state index is 13.9. The number of nitrogens with zero attached hydrogens (tertiary/aromatic N) is 3. The monoisotopic (exact) mass is 413 g/mol. The molecular weight excluding hydrogens is 380 g/mol. The summed E-state index contributed by atoms with van der Waals surface area (Å²) < 4.78 is 27.0. The lowest BCUT2D eigenvalue weighted by atomic mass is 9.88. The number of benzene rings is 1. The van der Waals surface area contributed by atoms with Gasteiger partial charge in [-0.05, 0) is 99.2 Å². The molecule has 0 bridgehead atoms. The smallest absolute Gasteiger partial charge is 0.135 e. The molecule has 162 valence electrons. The standard InChI is InChI=1S/C25H33F2N3/c1-24(2,3)10-13-30-14-11-25(12-15-30)17-18(25)4-6-20-7-9-23(29-28-20)21-8-5-19(26)16-22(21)27/h5,7-9,16,18H,4,6,10-15,17H2,1-3H3. The van der Waals surface area contributed by atoms with E-state index in [-0.39, 0.29) is 5.56 Å². The number of rotatable bonds is 6. The van der Waals surface area contributed by atoms with Crippen molar-refractivity contribution in [3.05, 3.63) is 47.7 Å². The van der Waals surface area contributed by atoms with Crippen LogP contribution in [0.3, 0.4) is 0 Å². The first-order valence-electron chi connectivity index (χ1n) is 11.2. The van der Waals surface area contributed by atoms with Crippen molar-refractivity contribution in [1.29, 1.82) is 0 Å². The van der Waals surface area contributed by atoms with Gasteiger partial charge in [0.05, 0.1) is 11.4 Å². The first kappa shape index (κ1) is 21.4. The van der Waals surface area contributed by atoms with Gasteiger partial charge >= 0.3 is 0 Å². The summed E-state index contributed by atoms with van der Waals surface area (Å²) in [5, 5.41) is 8.47. The lowest BCUT2D eigenvalue weighted by Gasteiger charge is -2.34. The Labute approximate surface area is 178 Å². The van der Waals surface area contributed by atoms with Crippen LogP contribution in [0.25, 0.3) is 11.3 Å². The van der Waals surface area contributed by atoms with E-state index in [0.717, 1.165) is 30.5 Å². The predicted molar refractivity (Wildman–Crippen MR) is 116 cm³/mol. The van der Waals surface area contributed by atoms with Crippen LogP contribution < -0.4 is 0 Å². The summed E-state index contributed by atoms with van der Waals surface area (Å²) in [4.78, 5) is 2.64. The Morgan fingerprint density at radius 1 is 1.07 bits per heavy atom. The second-order valence-electron chi connectivity index (χ2n) is 10.5. The van der Waals surface area contributed by atoms with Crippen molar-refractivity contribution in [2.24, 2.45) is 16.7 Å². The minimum atomic E-state index is -0.606. The molecular formula is C25H33F2N3. The third kappa shape index (κ3) is 5.05. The van der Waals surface area contributed by atoms with Crippen LogP contribution in [-0.2, 0) is 6.42 Å². The fourth-order valence-corrected chi connectivity index (χ4v) is 4.82. The van der Waals surface area contributed by atoms with Gasteiger partial charge in [0.2, 0.25) is 0 Å². The maximum absolute atomic E-state index is 13.9. The second-order valence-corrected chi connectivity index (χ2v) is 10.5. The molecule has 2 aliphatic rings. The zero-order valence-corrected chi connectivity index (χ0v) is 18.4. The average molecular weight is 414 g/mol. The SMILES string of the molecule is CC(C)(C)CCN1CCC2(CC1)CC2CCc1ccc(-c2ccc(F)cc2F)nn1. The van der Waals surface area contributed by atoms with Gasteiger partial charge in [-0.1, -0.05) is 20.8 Å². The highest BCUT2D eigenvalue weighted by molar-refractivity contribution is 5.59. The molecule has 4 rings (SSSR count). The zero-order chi connectivity index (χ0) is 21.4. The molecule has 0 amide bonds. The molecule has 1 saturated heterocycles. The Balaban J connectivity index is 1.25. The van der Waals surface area contributed by atoms with Crippen molar-refractivity contribution >= 4 is 0 Å². The molecule has 1 atom stereocenters. The van der Waals surface area contributed by atoms with E-state index in [2.05, 4.69) is 35.9 Å². The van der Waals surface area contributed by atoms with Gasteiger partial charge in [0, 0.05) is 11.6 Å². The summed E-state index contributed by atoms with van der Waals surface area (Å²) in [6, 6.07) is 7.25. The lowest BCUT2D eigenvalue weighted by Crippen LogP contribution is -2.37. The number of piperidine rings is 1. The summed E-state index contributed by atoms with van der Waals surface area (Å²) in [5.41, 5.74) is 2.67. The number of hydrogen-bond acceptors (Lipinski definition) is 3. The molecule has 1 saturated carbocycles. The van der Waals surface area contributed by atoms with E-state index in [1.807, 2.05) is 6.07 Å². The lowest BCUT2D eigenvalue weighted by molar-refractivity contribution is 0.145. The Bertz CT molecular complexity index is 865. The van der Waals surface area contributed by atoms with Gasteiger partial charge in [0.1, 0.15) is 11.6 Å². The summed E-state index contributed by atoms with van der Waals surface area (Å²) in [7, 11) is 0. The largest absolute Gasteiger partial charge is 0.303 e. The molecule has 1 aliphatic carbocycles. The molecule has 0 N–H and O–H groups in total. The minimum absolute atomic E-state index is 0.287. The van der Waals surface area contributed by atoms with Crippen LogP contribution >= 0.6 is 0 Å². The molecule has 3 nitrogen and oxygen atoms in total. The zero-order valence-electron chi connectivity index (χ0n) is 18.4. The van der Waals surface area contributed by atoms with Crippen molar-refractivity contribution in [2.75, 3.05) is 19.6 Å². The number of aryl methyl sites for hydroxylation is 1. The van der Waals surface area contributed by atoms with E-state index < -0.39 is 11.6 Å². The van der Waals surface area contributed by atoms with E-state index in [9.17, 15) is 8.78 Å². The fraction of sp³-hybridized carbons (Fsp3) is 0.600. The van der Waals surface area contributed by atoms with Crippen molar-refractivity contribution in [1.82, 2.24) is 15.1 Å². The van der Waals surface area contributed by atoms with E-state index in [1.165, 1.54) is 57.5 Å². The quantitative estimate of drug-likeness (QED) is 0.591. The Morgan fingerprint density at radius 3 is 2.47 bits per heavy atom. The molecule has 1 aliphatic heterocycles. The summed E-state index contributed by atoms with van der Waals surface area (Å²) in [6.45, 7) is 10.7. The van der Waals surface area contributed by atoms with Crippen LogP contribution in [0.4, 0.5) is 8.78 Å². The summed E-state index contributed by atoms with van der Waals surface area (Å²) in [6.07, 6.45) is 7.35. The number of hydrogen-bond donors (Lipinski definition) is 0. The van der Waals surface area contributed by atoms with Crippen molar-refractivity contribution in [3.63, 3.8) is 0 Å². The van der Waals surface area contributed by atoms with Crippen LogP contribution in [0.5, 0.6) is 0 Å². The van der Waals surface area contributed by atoms with E-state index in [0.29, 0.717) is 16.5 Å². The van der Waals surface area contributed by atoms with Crippen molar-refractivity contribution in [3.8, 4) is 11.3 Å². The Kier molecular flexibility index (Phi) is 5.93. The first-order chi connectivity index (χ1) is 14.2. The highest BCUT2D eigenvalue weighted by atomic mass is 19.1. The van der Waals surface area contributed by atoms with Gasteiger partial charge in [0.15, 0.2) is 0 Å². The molecule has 0 radical (unpaired) electrons. The van der Waals surface area contributed by atoms with Crippen molar-refractivity contribution in [2.45, 2.75) is 59.3 Å². The van der Waals surface area contributed by atoms with Crippen molar-refractivity contribution < 1.29 is 8.78 Å². The van der Waals surface area contributed by atoms with Crippen LogP contribution in [0.1, 0.15) is 58.6 Å². The predicted octanol–water partition coefficient (Wildman–Crippen LogP) is 5.89. The molecule has 1 aromatic heterocycles. The number of likely N-dealkylation sites (tertiary alicyclic amines) is 1. The van der Waals surface area contributed by atoms with Crippen LogP contribution in [0.15, 0.2) is 30.3 Å². The normalized spacial score (nSPS) is 21.2. The Morgan fingerprint density at radius 2 is 1.83 bits per heavy atom. The molecule has 2 heterocycles. The van der Waals surface area contributed by atoms with Gasteiger partial charge in [-0.2, -0.15) is 10.2 Å². The van der Waals surface area contributed by atoms with Crippen LogP contribution in [0.2, 0.25) is 0 Å². The topological polar surface area (TPSA) is 29.0 Å². The molecule has 1 unspecified atom stereocenters. The van der Waals surface area contributed by atoms with Crippen LogP contribution in [0, 0.1) is 28.4 Å². The summed E-state index contributed by atoms with van der Waals surface area (Å²) in [5.74, 6) is -0.386. The number of aromatic nitrogens is 2. The second kappa shape index (κ2) is 8.33. The van der Waals surface area contributed by atoms with Gasteiger partial charge in [-0.15, -0.1) is 0 Å². The molecule has 2 fully saturated rings. The van der Waals surface area contributed by atoms with E-state index in [4.69, 9.17) is 0 Å². The van der Waals surface area contributed by atoms with E-state index >= 15 is 0 Å². The highest BCUT2D eigenvalue weighted by Crippen LogP contribution is 2.61. The average Bonchev–Trinajstić information content (AvgIpc) is 3.38. The molecule has 5 heteroatoms. The molecule has 30 heavy (non-hydrogen) atoms. The first-order valence-corrected chi connectivity index (χ1v) is 11.2. The summed E-state index contributed by atoms with van der Waals surface area (Å²) >= 11 is 0. The van der Waals surface area contributed by atoms with Gasteiger partial charge < -0.3 is 4.90 Å². The van der Waals surface area contributed by atoms with E-state index in [1.54, 1.807) is 6.07 Å². The Hall–Kier alpha value is -1.88. The van der Waals surface area contributed by atoms with Gasteiger partial charge in [0.25, 0.3) is 0 Å². The third-order valence-electron chi connectivity index (χ3n) is 7.06. The van der Waals surface area contributed by atoms with Gasteiger partial charge in [-0.25, -0.2) is 8.78 Å². The molecule has 2 aromatic rings. The van der Waals surface area contributed by atoms with Crippen LogP contribution in [-0.4, -0.2) is 34.7 Å². The molecule has 1 aromatic carbocycles. The van der Waals surface area contributed by atoms with Gasteiger partial charge in [-0.3, -0.25) is 0 Å². The third-order valence-corrected chi connectivity index (χ3v) is 7.06. The number of halogens is 2. The molecule has 1 spiro atoms.